The molecule has 1 atom stereocenters. The van der Waals surface area contributed by atoms with Crippen LogP contribution < -0.4 is 10.1 Å². The molecule has 6 heteroatoms. The van der Waals surface area contributed by atoms with Gasteiger partial charge in [-0.25, -0.2) is 0 Å². The summed E-state index contributed by atoms with van der Waals surface area (Å²) in [5, 5.41) is 4.34. The van der Waals surface area contributed by atoms with Gasteiger partial charge in [0.25, 0.3) is 0 Å². The zero-order valence-electron chi connectivity index (χ0n) is 15.5. The Hall–Kier alpha value is -2.53. The summed E-state index contributed by atoms with van der Waals surface area (Å²) < 4.78 is 10.9. The minimum atomic E-state index is -0.291. The van der Waals surface area contributed by atoms with E-state index in [9.17, 15) is 4.79 Å². The molecule has 0 radical (unpaired) electrons. The van der Waals surface area contributed by atoms with Crippen molar-refractivity contribution in [2.75, 3.05) is 6.79 Å². The second-order valence-electron chi connectivity index (χ2n) is 6.80. The summed E-state index contributed by atoms with van der Waals surface area (Å²) in [7, 11) is 0. The molecule has 148 valence electrons. The summed E-state index contributed by atoms with van der Waals surface area (Å²) in [5.74, 6) is 0.548. The van der Waals surface area contributed by atoms with Crippen LogP contribution in [0.15, 0.2) is 66.7 Å². The van der Waals surface area contributed by atoms with E-state index in [-0.39, 0.29) is 25.2 Å². The molecule has 0 spiro atoms. The van der Waals surface area contributed by atoms with E-state index in [1.807, 2.05) is 54.6 Å². The highest BCUT2D eigenvalue weighted by Crippen LogP contribution is 2.32. The summed E-state index contributed by atoms with van der Waals surface area (Å²) in [5.41, 5.74) is 3.53. The van der Waals surface area contributed by atoms with Gasteiger partial charge in [-0.1, -0.05) is 65.7 Å². The second kappa shape index (κ2) is 8.87. The number of nitrogens with one attached hydrogen (secondary N) is 1. The van der Waals surface area contributed by atoms with Gasteiger partial charge in [0.2, 0.25) is 5.91 Å². The number of halogens is 2. The van der Waals surface area contributed by atoms with Crippen molar-refractivity contribution in [3.05, 3.63) is 99.0 Å². The summed E-state index contributed by atoms with van der Waals surface area (Å²) >= 11 is 12.3. The van der Waals surface area contributed by atoms with Gasteiger partial charge in [-0.15, -0.1) is 0 Å². The Morgan fingerprint density at radius 3 is 2.45 bits per heavy atom. The van der Waals surface area contributed by atoms with Gasteiger partial charge in [-0.3, -0.25) is 4.79 Å². The average Bonchev–Trinajstić information content (AvgIpc) is 2.73. The maximum Gasteiger partial charge on any atom is 0.225 e. The fourth-order valence-corrected chi connectivity index (χ4v) is 3.82. The molecule has 0 fully saturated rings. The zero-order chi connectivity index (χ0) is 20.2. The fourth-order valence-electron chi connectivity index (χ4n) is 3.43. The third-order valence-electron chi connectivity index (χ3n) is 4.74. The van der Waals surface area contributed by atoms with E-state index in [0.29, 0.717) is 22.4 Å². The molecular formula is C23H19Cl2NO3. The lowest BCUT2D eigenvalue weighted by Gasteiger charge is -2.23. The molecule has 0 aliphatic carbocycles. The average molecular weight is 428 g/mol. The summed E-state index contributed by atoms with van der Waals surface area (Å²) in [4.78, 5) is 13.0. The van der Waals surface area contributed by atoms with Crippen molar-refractivity contribution >= 4 is 29.1 Å². The molecule has 4 rings (SSSR count). The molecule has 4 nitrogen and oxygen atoms in total. The number of hydrogen-bond acceptors (Lipinski definition) is 3. The molecule has 0 bridgehead atoms. The van der Waals surface area contributed by atoms with Crippen molar-refractivity contribution in [2.24, 2.45) is 0 Å². The standard InChI is InChI=1S/C23H19Cl2NO3/c24-19-8-6-16(7-9-19)22(15-4-2-1-3-5-15)26-21(27)12-17-10-20(25)11-18-13-28-14-29-23(17)18/h1-11,22H,12-14H2,(H,26,27)/t22-/m1/s1. The van der Waals surface area contributed by atoms with Gasteiger partial charge in [0, 0.05) is 21.2 Å². The smallest absolute Gasteiger partial charge is 0.225 e. The van der Waals surface area contributed by atoms with Crippen LogP contribution in [0, 0.1) is 0 Å². The SMILES string of the molecule is O=C(Cc1cc(Cl)cc2c1OCOC2)N[C@H](c1ccccc1)c1ccc(Cl)cc1. The first-order chi connectivity index (χ1) is 14.1. The van der Waals surface area contributed by atoms with Crippen molar-refractivity contribution in [1.29, 1.82) is 0 Å². The van der Waals surface area contributed by atoms with E-state index in [1.54, 1.807) is 12.1 Å². The van der Waals surface area contributed by atoms with Crippen LogP contribution in [0.5, 0.6) is 5.75 Å². The normalized spacial score (nSPS) is 13.9. The van der Waals surface area contributed by atoms with E-state index < -0.39 is 0 Å². The van der Waals surface area contributed by atoms with Crippen LogP contribution in [0.2, 0.25) is 10.0 Å². The van der Waals surface area contributed by atoms with Crippen LogP contribution in [0.3, 0.4) is 0 Å². The minimum Gasteiger partial charge on any atom is -0.467 e. The van der Waals surface area contributed by atoms with Crippen LogP contribution in [0.4, 0.5) is 0 Å². The van der Waals surface area contributed by atoms with Gasteiger partial charge >= 0.3 is 0 Å². The highest BCUT2D eigenvalue weighted by molar-refractivity contribution is 6.31. The molecule has 1 amide bonds. The molecule has 0 saturated heterocycles. The van der Waals surface area contributed by atoms with E-state index in [1.165, 1.54) is 0 Å². The predicted octanol–water partition coefficient (Wildman–Crippen LogP) is 5.31. The Labute approximate surface area is 179 Å². The van der Waals surface area contributed by atoms with Gasteiger partial charge in [0.1, 0.15) is 5.75 Å². The lowest BCUT2D eigenvalue weighted by atomic mass is 9.98. The Bertz CT molecular complexity index is 1010. The minimum absolute atomic E-state index is 0.131. The number of hydrogen-bond donors (Lipinski definition) is 1. The summed E-state index contributed by atoms with van der Waals surface area (Å²) in [6, 6.07) is 20.6. The van der Waals surface area contributed by atoms with Crippen LogP contribution in [0.1, 0.15) is 28.3 Å². The van der Waals surface area contributed by atoms with Crippen molar-refractivity contribution in [3.63, 3.8) is 0 Å². The first-order valence-electron chi connectivity index (χ1n) is 9.22. The largest absolute Gasteiger partial charge is 0.467 e. The Balaban J connectivity index is 1.59. The highest BCUT2D eigenvalue weighted by atomic mass is 35.5. The molecule has 0 unspecified atom stereocenters. The van der Waals surface area contributed by atoms with Crippen molar-refractivity contribution in [3.8, 4) is 5.75 Å². The predicted molar refractivity (Wildman–Crippen MR) is 113 cm³/mol. The van der Waals surface area contributed by atoms with E-state index in [2.05, 4.69) is 5.32 Å². The van der Waals surface area contributed by atoms with E-state index in [4.69, 9.17) is 32.7 Å². The van der Waals surface area contributed by atoms with E-state index in [0.717, 1.165) is 22.3 Å². The van der Waals surface area contributed by atoms with Gasteiger partial charge in [0.05, 0.1) is 19.1 Å². The Morgan fingerprint density at radius 2 is 1.69 bits per heavy atom. The maximum atomic E-state index is 13.0. The lowest BCUT2D eigenvalue weighted by Crippen LogP contribution is -2.31. The number of fused-ring (bicyclic) bond motifs is 1. The molecule has 0 aromatic heterocycles. The highest BCUT2D eigenvalue weighted by Gasteiger charge is 2.21. The zero-order valence-corrected chi connectivity index (χ0v) is 17.0. The molecule has 1 aliphatic heterocycles. The van der Waals surface area contributed by atoms with Gasteiger partial charge < -0.3 is 14.8 Å². The van der Waals surface area contributed by atoms with Crippen LogP contribution in [0.25, 0.3) is 0 Å². The molecule has 1 aliphatic rings. The first-order valence-corrected chi connectivity index (χ1v) is 9.97. The number of carbonyl (C=O) groups excluding carboxylic acids is 1. The summed E-state index contributed by atoms with van der Waals surface area (Å²) in [6.45, 7) is 0.586. The number of carbonyl (C=O) groups is 1. The molecule has 1 N–H and O–H groups in total. The Kier molecular flexibility index (Phi) is 6.05. The molecule has 3 aromatic carbocycles. The number of ether oxygens (including phenoxy) is 2. The quantitative estimate of drug-likeness (QED) is 0.600. The van der Waals surface area contributed by atoms with Crippen LogP contribution >= 0.6 is 23.2 Å². The second-order valence-corrected chi connectivity index (χ2v) is 7.68. The topological polar surface area (TPSA) is 47.6 Å². The van der Waals surface area contributed by atoms with Gasteiger partial charge in [-0.05, 0) is 35.4 Å². The van der Waals surface area contributed by atoms with Gasteiger partial charge in [0.15, 0.2) is 6.79 Å². The van der Waals surface area contributed by atoms with Crippen molar-refractivity contribution in [2.45, 2.75) is 19.1 Å². The molecule has 1 heterocycles. The number of rotatable bonds is 5. The third-order valence-corrected chi connectivity index (χ3v) is 5.21. The molecular weight excluding hydrogens is 409 g/mol. The number of amides is 1. The monoisotopic (exact) mass is 427 g/mol. The molecule has 0 saturated carbocycles. The van der Waals surface area contributed by atoms with Crippen molar-refractivity contribution in [1.82, 2.24) is 5.32 Å². The van der Waals surface area contributed by atoms with E-state index >= 15 is 0 Å². The third kappa shape index (κ3) is 4.73. The summed E-state index contributed by atoms with van der Waals surface area (Å²) in [6.07, 6.45) is 0.153. The maximum absolute atomic E-state index is 13.0. The van der Waals surface area contributed by atoms with Gasteiger partial charge in [-0.2, -0.15) is 0 Å². The fraction of sp³-hybridized carbons (Fsp3) is 0.174. The van der Waals surface area contributed by atoms with Crippen LogP contribution in [-0.4, -0.2) is 12.7 Å². The van der Waals surface area contributed by atoms with Crippen molar-refractivity contribution < 1.29 is 14.3 Å². The Morgan fingerprint density at radius 1 is 0.966 bits per heavy atom. The number of benzene rings is 3. The lowest BCUT2D eigenvalue weighted by molar-refractivity contribution is -0.121. The molecule has 3 aromatic rings. The molecule has 29 heavy (non-hydrogen) atoms. The van der Waals surface area contributed by atoms with Crippen LogP contribution in [-0.2, 0) is 22.6 Å². The first kappa shape index (κ1) is 19.8.